The lowest BCUT2D eigenvalue weighted by atomic mass is 10.0. The highest BCUT2D eigenvalue weighted by molar-refractivity contribution is 6.00. The number of hydrogen-bond donors (Lipinski definition) is 1. The van der Waals surface area contributed by atoms with Gasteiger partial charge in [-0.05, 0) is 35.7 Å². The van der Waals surface area contributed by atoms with E-state index in [0.717, 1.165) is 24.5 Å². The normalized spacial score (nSPS) is 27.6. The third kappa shape index (κ3) is 3.71. The first-order valence-corrected chi connectivity index (χ1v) is 11.1. The monoisotopic (exact) mass is 453 g/mol. The summed E-state index contributed by atoms with van der Waals surface area (Å²) in [6.07, 6.45) is -0.661. The van der Waals surface area contributed by atoms with Crippen LogP contribution in [-0.2, 0) is 11.3 Å². The maximum Gasteiger partial charge on any atom is 0.328 e. The lowest BCUT2D eigenvalue weighted by Gasteiger charge is -2.46. The fourth-order valence-corrected chi connectivity index (χ4v) is 5.13. The predicted molar refractivity (Wildman–Crippen MR) is 121 cm³/mol. The smallest absolute Gasteiger partial charge is 0.328 e. The van der Waals surface area contributed by atoms with Crippen molar-refractivity contribution in [2.24, 2.45) is 5.92 Å². The van der Waals surface area contributed by atoms with Crippen LogP contribution in [0.5, 0.6) is 5.75 Å². The van der Waals surface area contributed by atoms with Crippen LogP contribution >= 0.6 is 0 Å². The van der Waals surface area contributed by atoms with Crippen LogP contribution in [0, 0.1) is 11.7 Å². The summed E-state index contributed by atoms with van der Waals surface area (Å²) in [7, 11) is 3.36. The second kappa shape index (κ2) is 8.31. The number of fused-ring (bicyclic) bond motifs is 3. The van der Waals surface area contributed by atoms with Gasteiger partial charge in [-0.25, -0.2) is 9.18 Å². The van der Waals surface area contributed by atoms with Gasteiger partial charge < -0.3 is 14.5 Å². The molecule has 0 saturated carbocycles. The molecule has 0 bridgehead atoms. The molecule has 1 N–H and O–H groups in total. The van der Waals surface area contributed by atoms with Crippen LogP contribution in [0.2, 0.25) is 0 Å². The number of carbonyl (C=O) groups is 2. The lowest BCUT2D eigenvalue weighted by molar-refractivity contribution is -0.139. The number of rotatable bonds is 4. The number of nitrogens with zero attached hydrogens (tertiary/aromatic N) is 4. The van der Waals surface area contributed by atoms with Crippen molar-refractivity contribution < 1.29 is 18.7 Å². The second-order valence-electron chi connectivity index (χ2n) is 9.03. The Balaban J connectivity index is 1.45. The molecule has 3 fully saturated rings. The molecule has 4 unspecified atom stereocenters. The Labute approximate surface area is 192 Å². The molecule has 9 heteroatoms. The van der Waals surface area contributed by atoms with Crippen molar-refractivity contribution >= 4 is 17.6 Å². The third-order valence-electron chi connectivity index (χ3n) is 6.72. The molecule has 3 aliphatic heterocycles. The average molecular weight is 454 g/mol. The van der Waals surface area contributed by atoms with E-state index in [9.17, 15) is 14.0 Å². The Bertz CT molecular complexity index is 1060. The van der Waals surface area contributed by atoms with Crippen LogP contribution < -0.4 is 15.0 Å². The van der Waals surface area contributed by atoms with Crippen molar-refractivity contribution in [1.82, 2.24) is 20.0 Å². The second-order valence-corrected chi connectivity index (χ2v) is 9.03. The molecule has 0 radical (unpaired) electrons. The number of halogens is 1. The molecule has 2 aromatic rings. The van der Waals surface area contributed by atoms with Crippen LogP contribution in [0.15, 0.2) is 48.5 Å². The van der Waals surface area contributed by atoms with E-state index >= 15 is 0 Å². The zero-order chi connectivity index (χ0) is 23.3. The van der Waals surface area contributed by atoms with Crippen molar-refractivity contribution in [3.05, 3.63) is 59.9 Å². The Morgan fingerprint density at radius 1 is 1.12 bits per heavy atom. The van der Waals surface area contributed by atoms with E-state index in [2.05, 4.69) is 22.0 Å². The van der Waals surface area contributed by atoms with E-state index in [-0.39, 0.29) is 30.6 Å². The number of urea groups is 1. The summed E-state index contributed by atoms with van der Waals surface area (Å²) in [5, 5.41) is 3.52. The fourth-order valence-electron chi connectivity index (χ4n) is 5.13. The molecule has 8 nitrogen and oxygen atoms in total. The van der Waals surface area contributed by atoms with Gasteiger partial charge in [0.2, 0.25) is 0 Å². The number of benzene rings is 2. The van der Waals surface area contributed by atoms with Crippen molar-refractivity contribution in [1.29, 1.82) is 0 Å². The van der Waals surface area contributed by atoms with E-state index in [4.69, 9.17) is 4.74 Å². The van der Waals surface area contributed by atoms with E-state index < -0.39 is 12.2 Å². The average Bonchev–Trinajstić information content (AvgIpc) is 3.20. The zero-order valence-electron chi connectivity index (χ0n) is 18.9. The summed E-state index contributed by atoms with van der Waals surface area (Å²) in [4.78, 5) is 34.0. The van der Waals surface area contributed by atoms with Crippen LogP contribution in [0.3, 0.4) is 0 Å². The minimum atomic E-state index is -0.506. The van der Waals surface area contributed by atoms with Gasteiger partial charge in [-0.15, -0.1) is 0 Å². The van der Waals surface area contributed by atoms with Gasteiger partial charge in [-0.3, -0.25) is 19.9 Å². The fraction of sp³-hybridized carbons (Fsp3) is 0.417. The summed E-state index contributed by atoms with van der Waals surface area (Å²) >= 11 is 0. The van der Waals surface area contributed by atoms with Crippen molar-refractivity contribution in [2.75, 3.05) is 32.1 Å². The highest BCUT2D eigenvalue weighted by Gasteiger charge is 2.56. The van der Waals surface area contributed by atoms with Gasteiger partial charge in [0, 0.05) is 31.9 Å². The van der Waals surface area contributed by atoms with Gasteiger partial charge in [0.1, 0.15) is 30.1 Å². The van der Waals surface area contributed by atoms with Crippen LogP contribution in [-0.4, -0.2) is 72.4 Å². The molecule has 2 aromatic carbocycles. The molecule has 0 aliphatic carbocycles. The first-order valence-electron chi connectivity index (χ1n) is 11.1. The molecular weight excluding hydrogens is 425 g/mol. The molecule has 3 saturated heterocycles. The Hall–Kier alpha value is -3.17. The SMILES string of the molecule is COc1cccc(N2CC(C)CN3C4C(=O)N(Cc5ccc(F)cc5)C(=O)N(C)C4NC23)c1. The quantitative estimate of drug-likeness (QED) is 0.766. The minimum Gasteiger partial charge on any atom is -0.497 e. The number of carbonyl (C=O) groups excluding carboxylic acids is 2. The van der Waals surface area contributed by atoms with Crippen molar-refractivity contribution in [3.63, 3.8) is 0 Å². The molecule has 0 spiro atoms. The van der Waals surface area contributed by atoms with Gasteiger partial charge in [0.25, 0.3) is 5.91 Å². The zero-order valence-corrected chi connectivity index (χ0v) is 18.9. The lowest BCUT2D eigenvalue weighted by Crippen LogP contribution is -2.66. The minimum absolute atomic E-state index is 0.110. The summed E-state index contributed by atoms with van der Waals surface area (Å²) in [5.74, 6) is 0.493. The summed E-state index contributed by atoms with van der Waals surface area (Å²) in [6.45, 7) is 3.82. The van der Waals surface area contributed by atoms with Gasteiger partial charge in [-0.1, -0.05) is 25.1 Å². The van der Waals surface area contributed by atoms with E-state index in [1.165, 1.54) is 17.0 Å². The summed E-state index contributed by atoms with van der Waals surface area (Å²) in [6, 6.07) is 12.9. The number of likely N-dealkylation sites (N-methyl/N-ethyl adjacent to an activating group) is 1. The molecule has 3 heterocycles. The van der Waals surface area contributed by atoms with Gasteiger partial charge in [0.05, 0.1) is 13.7 Å². The van der Waals surface area contributed by atoms with Gasteiger partial charge in [0.15, 0.2) is 0 Å². The van der Waals surface area contributed by atoms with E-state index in [1.807, 2.05) is 24.3 Å². The van der Waals surface area contributed by atoms with Crippen LogP contribution in [0.1, 0.15) is 12.5 Å². The number of methoxy groups -OCH3 is 1. The number of ether oxygens (including phenoxy) is 1. The number of imide groups is 1. The number of amides is 3. The number of hydrogen-bond acceptors (Lipinski definition) is 6. The first-order chi connectivity index (χ1) is 15.9. The van der Waals surface area contributed by atoms with Crippen molar-refractivity contribution in [2.45, 2.75) is 32.0 Å². The summed E-state index contributed by atoms with van der Waals surface area (Å²) < 4.78 is 18.7. The molecule has 0 aromatic heterocycles. The van der Waals surface area contributed by atoms with Gasteiger partial charge in [-0.2, -0.15) is 0 Å². The first kappa shape index (κ1) is 21.7. The third-order valence-corrected chi connectivity index (χ3v) is 6.72. The van der Waals surface area contributed by atoms with E-state index in [1.54, 1.807) is 31.2 Å². The number of anilines is 1. The molecule has 3 amide bonds. The Morgan fingerprint density at radius 2 is 1.88 bits per heavy atom. The predicted octanol–water partition coefficient (Wildman–Crippen LogP) is 2.27. The van der Waals surface area contributed by atoms with Crippen LogP contribution in [0.4, 0.5) is 14.9 Å². The van der Waals surface area contributed by atoms with E-state index in [0.29, 0.717) is 11.5 Å². The topological polar surface area (TPSA) is 68.4 Å². The number of nitrogens with one attached hydrogen (secondary N) is 1. The molecule has 3 aliphatic rings. The molecule has 174 valence electrons. The maximum atomic E-state index is 13.6. The Kier molecular flexibility index (Phi) is 5.46. The summed E-state index contributed by atoms with van der Waals surface area (Å²) in [5.41, 5.74) is 1.70. The highest BCUT2D eigenvalue weighted by atomic mass is 19.1. The Morgan fingerprint density at radius 3 is 2.61 bits per heavy atom. The largest absolute Gasteiger partial charge is 0.497 e. The van der Waals surface area contributed by atoms with Crippen molar-refractivity contribution in [3.8, 4) is 5.75 Å². The molecule has 5 rings (SSSR count). The van der Waals surface area contributed by atoms with Gasteiger partial charge >= 0.3 is 6.03 Å². The molecule has 33 heavy (non-hydrogen) atoms. The molecular formula is C24H28FN5O3. The molecule has 4 atom stereocenters. The van der Waals surface area contributed by atoms with Crippen LogP contribution in [0.25, 0.3) is 0 Å². The standard InChI is InChI=1S/C24H28FN5O3/c1-15-12-28(18-5-4-6-19(11-18)33-3)23-26-21-20(29(23)13-15)22(31)30(24(32)27(21)2)14-16-7-9-17(25)10-8-16/h4-11,15,20-21,23,26H,12-14H2,1-3H3. The maximum absolute atomic E-state index is 13.6. The highest BCUT2D eigenvalue weighted by Crippen LogP contribution is 2.35.